The minimum atomic E-state index is -4.28. The molecule has 0 aromatic rings. The Morgan fingerprint density at radius 3 is 2.19 bits per heavy atom. The van der Waals surface area contributed by atoms with Gasteiger partial charge in [0.25, 0.3) is 0 Å². The average Bonchev–Trinajstić information content (AvgIpc) is 2.19. The van der Waals surface area contributed by atoms with Crippen LogP contribution in [0.3, 0.4) is 0 Å². The molecule has 0 spiro atoms. The average molecular weight is 253 g/mol. The van der Waals surface area contributed by atoms with Gasteiger partial charge in [-0.15, -0.1) is 0 Å². The van der Waals surface area contributed by atoms with Crippen molar-refractivity contribution in [3.05, 3.63) is 0 Å². The first-order valence-electron chi connectivity index (χ1n) is 5.92. The second-order valence-electron chi connectivity index (χ2n) is 3.87. The van der Waals surface area contributed by atoms with E-state index in [2.05, 4.69) is 23.3 Å². The van der Waals surface area contributed by atoms with Crippen LogP contribution in [0.4, 0.5) is 0 Å². The summed E-state index contributed by atoms with van der Waals surface area (Å²) in [5.41, 5.74) is 0. The fourth-order valence-electron chi connectivity index (χ4n) is 1.50. The molecule has 98 valence electrons. The lowest BCUT2D eigenvalue weighted by molar-refractivity contribution is 0.179. The third-order valence-electron chi connectivity index (χ3n) is 2.25. The Morgan fingerprint density at radius 1 is 1.06 bits per heavy atom. The van der Waals surface area contributed by atoms with Crippen molar-refractivity contribution in [3.63, 3.8) is 0 Å². The summed E-state index contributed by atoms with van der Waals surface area (Å²) in [7, 11) is -4.28. The van der Waals surface area contributed by atoms with Crippen LogP contribution in [0.25, 0.3) is 0 Å². The summed E-state index contributed by atoms with van der Waals surface area (Å²) in [4.78, 5) is 19.3. The van der Waals surface area contributed by atoms with Crippen LogP contribution < -0.4 is 0 Å². The molecule has 0 saturated heterocycles. The highest BCUT2D eigenvalue weighted by Crippen LogP contribution is 2.35. The first-order chi connectivity index (χ1) is 7.49. The molecule has 0 aliphatic rings. The molecule has 0 amide bonds. The highest BCUT2D eigenvalue weighted by atomic mass is 31.2. The third kappa shape index (κ3) is 10.6. The Morgan fingerprint density at radius 2 is 1.69 bits per heavy atom. The topological polar surface area (TPSA) is 70.0 Å². The number of unbranched alkanes of at least 4 members (excludes halogenated alkanes) is 1. The van der Waals surface area contributed by atoms with E-state index in [1.807, 2.05) is 0 Å². The van der Waals surface area contributed by atoms with Crippen molar-refractivity contribution in [2.24, 2.45) is 0 Å². The molecule has 16 heavy (non-hydrogen) atoms. The standard InChI is InChI=1S/C10H24NO4P/c1-3-5-8-11(7-4-2)9-6-10-15-16(12,13)14/h3-10H2,1-2H3,(H2,12,13,14). The second kappa shape index (κ2) is 9.14. The fourth-order valence-corrected chi connectivity index (χ4v) is 1.87. The summed E-state index contributed by atoms with van der Waals surface area (Å²) in [5, 5.41) is 0. The van der Waals surface area contributed by atoms with Crippen molar-refractivity contribution in [3.8, 4) is 0 Å². The monoisotopic (exact) mass is 253 g/mol. The van der Waals surface area contributed by atoms with E-state index in [9.17, 15) is 4.57 Å². The number of hydrogen-bond donors (Lipinski definition) is 2. The van der Waals surface area contributed by atoms with Gasteiger partial charge in [-0.2, -0.15) is 0 Å². The second-order valence-corrected chi connectivity index (χ2v) is 5.11. The number of hydrogen-bond acceptors (Lipinski definition) is 3. The molecule has 0 bridgehead atoms. The molecule has 0 unspecified atom stereocenters. The summed E-state index contributed by atoms with van der Waals surface area (Å²) < 4.78 is 14.8. The molecule has 0 fully saturated rings. The summed E-state index contributed by atoms with van der Waals surface area (Å²) >= 11 is 0. The van der Waals surface area contributed by atoms with Crippen LogP contribution in [0.15, 0.2) is 0 Å². The summed E-state index contributed by atoms with van der Waals surface area (Å²) in [5.74, 6) is 0. The van der Waals surface area contributed by atoms with Crippen molar-refractivity contribution in [1.82, 2.24) is 4.90 Å². The summed E-state index contributed by atoms with van der Waals surface area (Å²) in [6.45, 7) is 7.34. The van der Waals surface area contributed by atoms with Gasteiger partial charge in [-0.25, -0.2) is 4.57 Å². The molecule has 0 aliphatic carbocycles. The van der Waals surface area contributed by atoms with Gasteiger partial charge >= 0.3 is 7.82 Å². The van der Waals surface area contributed by atoms with E-state index in [1.54, 1.807) is 0 Å². The van der Waals surface area contributed by atoms with Crippen LogP contribution in [-0.4, -0.2) is 40.9 Å². The number of phosphoric acid groups is 1. The first-order valence-corrected chi connectivity index (χ1v) is 7.45. The normalized spacial score (nSPS) is 12.3. The van der Waals surface area contributed by atoms with Crippen molar-refractivity contribution >= 4 is 7.82 Å². The lowest BCUT2D eigenvalue weighted by atomic mass is 10.3. The highest BCUT2D eigenvalue weighted by molar-refractivity contribution is 7.46. The number of nitrogens with zero attached hydrogens (tertiary/aromatic N) is 1. The third-order valence-corrected chi connectivity index (χ3v) is 2.76. The van der Waals surface area contributed by atoms with Crippen molar-refractivity contribution in [2.75, 3.05) is 26.2 Å². The zero-order valence-electron chi connectivity index (χ0n) is 10.3. The molecule has 0 saturated carbocycles. The minimum absolute atomic E-state index is 0.122. The molecule has 0 aromatic carbocycles. The predicted molar refractivity (Wildman–Crippen MR) is 64.3 cm³/mol. The van der Waals surface area contributed by atoms with Crippen LogP contribution in [0.2, 0.25) is 0 Å². The minimum Gasteiger partial charge on any atom is -0.303 e. The SMILES string of the molecule is CCCCN(CCC)CCCOP(=O)(O)O. The van der Waals surface area contributed by atoms with E-state index in [-0.39, 0.29) is 6.61 Å². The van der Waals surface area contributed by atoms with Gasteiger partial charge < -0.3 is 14.7 Å². The molecule has 0 heterocycles. The van der Waals surface area contributed by atoms with Gasteiger partial charge in [-0.05, 0) is 32.4 Å². The highest BCUT2D eigenvalue weighted by Gasteiger charge is 2.13. The van der Waals surface area contributed by atoms with Gasteiger partial charge in [0.15, 0.2) is 0 Å². The Kier molecular flexibility index (Phi) is 9.18. The van der Waals surface area contributed by atoms with Gasteiger partial charge in [0.1, 0.15) is 0 Å². The molecule has 5 nitrogen and oxygen atoms in total. The predicted octanol–water partition coefficient (Wildman–Crippen LogP) is 2.00. The summed E-state index contributed by atoms with van der Waals surface area (Å²) in [6, 6.07) is 0. The van der Waals surface area contributed by atoms with Crippen LogP contribution in [0, 0.1) is 0 Å². The molecule has 6 heteroatoms. The van der Waals surface area contributed by atoms with Gasteiger partial charge in [0, 0.05) is 6.54 Å². The van der Waals surface area contributed by atoms with E-state index in [4.69, 9.17) is 9.79 Å². The lowest BCUT2D eigenvalue weighted by Gasteiger charge is -2.21. The van der Waals surface area contributed by atoms with Crippen LogP contribution in [-0.2, 0) is 9.09 Å². The lowest BCUT2D eigenvalue weighted by Crippen LogP contribution is -2.27. The zero-order chi connectivity index (χ0) is 12.4. The molecule has 0 atom stereocenters. The van der Waals surface area contributed by atoms with Gasteiger partial charge in [-0.3, -0.25) is 4.52 Å². The largest absolute Gasteiger partial charge is 0.469 e. The smallest absolute Gasteiger partial charge is 0.303 e. The Labute approximate surface area is 98.0 Å². The van der Waals surface area contributed by atoms with Gasteiger partial charge in [-0.1, -0.05) is 20.3 Å². The van der Waals surface area contributed by atoms with E-state index in [0.717, 1.165) is 26.1 Å². The number of phosphoric ester groups is 1. The molecule has 0 aliphatic heterocycles. The van der Waals surface area contributed by atoms with Crippen molar-refractivity contribution < 1.29 is 18.9 Å². The van der Waals surface area contributed by atoms with Crippen molar-refractivity contribution in [1.29, 1.82) is 0 Å². The van der Waals surface area contributed by atoms with Crippen molar-refractivity contribution in [2.45, 2.75) is 39.5 Å². The van der Waals surface area contributed by atoms with Crippen LogP contribution in [0.5, 0.6) is 0 Å². The molecule has 0 aromatic heterocycles. The van der Waals surface area contributed by atoms with E-state index < -0.39 is 7.82 Å². The van der Waals surface area contributed by atoms with E-state index in [0.29, 0.717) is 6.42 Å². The Hall–Kier alpha value is 0.0700. The summed E-state index contributed by atoms with van der Waals surface area (Å²) in [6.07, 6.45) is 4.09. The maximum Gasteiger partial charge on any atom is 0.469 e. The Bertz CT molecular complexity index is 207. The maximum atomic E-state index is 10.4. The number of rotatable bonds is 10. The molecular weight excluding hydrogens is 229 g/mol. The molecular formula is C10H24NO4P. The zero-order valence-corrected chi connectivity index (χ0v) is 11.2. The Balaban J connectivity index is 3.62. The maximum absolute atomic E-state index is 10.4. The van der Waals surface area contributed by atoms with Gasteiger partial charge in [0.05, 0.1) is 6.61 Å². The molecule has 2 N–H and O–H groups in total. The van der Waals surface area contributed by atoms with E-state index >= 15 is 0 Å². The quantitative estimate of drug-likeness (QED) is 0.460. The van der Waals surface area contributed by atoms with Crippen LogP contribution in [0.1, 0.15) is 39.5 Å². The molecule has 0 rings (SSSR count). The van der Waals surface area contributed by atoms with Crippen LogP contribution >= 0.6 is 7.82 Å². The fraction of sp³-hybridized carbons (Fsp3) is 1.00. The first kappa shape index (κ1) is 16.1. The molecule has 0 radical (unpaired) electrons. The van der Waals surface area contributed by atoms with Gasteiger partial charge in [0.2, 0.25) is 0 Å². The van der Waals surface area contributed by atoms with E-state index in [1.165, 1.54) is 12.8 Å².